The van der Waals surface area contributed by atoms with E-state index < -0.39 is 11.6 Å². The van der Waals surface area contributed by atoms with E-state index >= 15 is 0 Å². The van der Waals surface area contributed by atoms with Crippen molar-refractivity contribution in [2.75, 3.05) is 19.8 Å². The fourth-order valence-corrected chi connectivity index (χ4v) is 2.11. The predicted molar refractivity (Wildman–Crippen MR) is 73.7 cm³/mol. The number of rotatable bonds is 7. The molecule has 1 saturated heterocycles. The molecular formula is C14H26N2O3. The minimum Gasteiger partial charge on any atom is -0.380 e. The summed E-state index contributed by atoms with van der Waals surface area (Å²) in [6, 6.07) is -0.415. The van der Waals surface area contributed by atoms with Gasteiger partial charge in [0.15, 0.2) is 0 Å². The van der Waals surface area contributed by atoms with Crippen LogP contribution < -0.4 is 5.32 Å². The molecule has 1 aliphatic rings. The van der Waals surface area contributed by atoms with Crippen LogP contribution in [0.5, 0.6) is 0 Å². The van der Waals surface area contributed by atoms with Crippen molar-refractivity contribution in [1.82, 2.24) is 10.2 Å². The highest BCUT2D eigenvalue weighted by Crippen LogP contribution is 2.20. The molecule has 2 amide bonds. The fourth-order valence-electron chi connectivity index (χ4n) is 2.11. The molecule has 0 aliphatic carbocycles. The van der Waals surface area contributed by atoms with Gasteiger partial charge >= 0.3 is 0 Å². The molecule has 19 heavy (non-hydrogen) atoms. The van der Waals surface area contributed by atoms with Crippen molar-refractivity contribution in [3.63, 3.8) is 0 Å². The lowest BCUT2D eigenvalue weighted by atomic mass is 9.92. The van der Waals surface area contributed by atoms with E-state index in [-0.39, 0.29) is 11.8 Å². The van der Waals surface area contributed by atoms with Crippen molar-refractivity contribution in [2.24, 2.45) is 0 Å². The topological polar surface area (TPSA) is 58.6 Å². The van der Waals surface area contributed by atoms with E-state index in [9.17, 15) is 9.59 Å². The summed E-state index contributed by atoms with van der Waals surface area (Å²) in [5.74, 6) is -0.0984. The molecular weight excluding hydrogens is 244 g/mol. The molecule has 0 aromatic carbocycles. The molecule has 5 nitrogen and oxygen atoms in total. The van der Waals surface area contributed by atoms with Crippen molar-refractivity contribution in [1.29, 1.82) is 0 Å². The van der Waals surface area contributed by atoms with Crippen LogP contribution >= 0.6 is 0 Å². The van der Waals surface area contributed by atoms with Crippen LogP contribution in [-0.4, -0.2) is 48.1 Å². The largest absolute Gasteiger partial charge is 0.380 e. The molecule has 1 fully saturated rings. The molecule has 0 spiro atoms. The molecule has 0 radical (unpaired) electrons. The summed E-state index contributed by atoms with van der Waals surface area (Å²) >= 11 is 0. The van der Waals surface area contributed by atoms with Crippen molar-refractivity contribution in [3.05, 3.63) is 0 Å². The Bertz CT molecular complexity index is 333. The van der Waals surface area contributed by atoms with E-state index in [2.05, 4.69) is 12.2 Å². The van der Waals surface area contributed by atoms with Gasteiger partial charge in [0, 0.05) is 13.2 Å². The maximum absolute atomic E-state index is 12.4. The second-order valence-electron chi connectivity index (χ2n) is 5.32. The summed E-state index contributed by atoms with van der Waals surface area (Å²) in [6.07, 6.45) is 2.71. The number of hydrogen-bond donors (Lipinski definition) is 1. The van der Waals surface area contributed by atoms with Crippen LogP contribution in [0.3, 0.4) is 0 Å². The Kier molecular flexibility index (Phi) is 5.79. The maximum atomic E-state index is 12.4. The van der Waals surface area contributed by atoms with Gasteiger partial charge in [-0.1, -0.05) is 20.3 Å². The van der Waals surface area contributed by atoms with Crippen LogP contribution in [0.4, 0.5) is 0 Å². The van der Waals surface area contributed by atoms with Gasteiger partial charge in [-0.05, 0) is 26.7 Å². The predicted octanol–water partition coefficient (Wildman–Crippen LogP) is 1.32. The van der Waals surface area contributed by atoms with E-state index in [1.807, 2.05) is 6.92 Å². The van der Waals surface area contributed by atoms with Crippen LogP contribution in [-0.2, 0) is 14.3 Å². The molecule has 5 heteroatoms. The molecule has 2 unspecified atom stereocenters. The molecule has 0 bridgehead atoms. The molecule has 0 saturated carbocycles. The summed E-state index contributed by atoms with van der Waals surface area (Å²) in [5.41, 5.74) is -0.771. The van der Waals surface area contributed by atoms with E-state index in [0.29, 0.717) is 26.2 Å². The molecule has 110 valence electrons. The maximum Gasteiger partial charge on any atom is 0.248 e. The quantitative estimate of drug-likeness (QED) is 0.710. The van der Waals surface area contributed by atoms with E-state index in [0.717, 1.165) is 12.8 Å². The Morgan fingerprint density at radius 1 is 1.32 bits per heavy atom. The molecule has 1 rings (SSSR count). The number of nitrogens with one attached hydrogen (secondary N) is 1. The van der Waals surface area contributed by atoms with E-state index in [1.54, 1.807) is 18.7 Å². The summed E-state index contributed by atoms with van der Waals surface area (Å²) < 4.78 is 5.48. The Labute approximate surface area is 115 Å². The van der Waals surface area contributed by atoms with Gasteiger partial charge in [0.05, 0.1) is 6.61 Å². The zero-order valence-corrected chi connectivity index (χ0v) is 12.5. The SMILES string of the molecule is CCCCOCCN1C(=O)C(C)(CC)NC(=O)C1C. The number of ether oxygens (including phenoxy) is 1. The molecule has 2 atom stereocenters. The molecule has 1 N–H and O–H groups in total. The number of hydrogen-bond acceptors (Lipinski definition) is 3. The van der Waals surface area contributed by atoms with Gasteiger partial charge < -0.3 is 15.0 Å². The second kappa shape index (κ2) is 6.89. The first-order chi connectivity index (χ1) is 8.96. The first-order valence-electron chi connectivity index (χ1n) is 7.17. The van der Waals surface area contributed by atoms with Gasteiger partial charge in [0.1, 0.15) is 11.6 Å². The average Bonchev–Trinajstić information content (AvgIpc) is 2.40. The third kappa shape index (κ3) is 3.69. The van der Waals surface area contributed by atoms with Crippen LogP contribution in [0, 0.1) is 0 Å². The fraction of sp³-hybridized carbons (Fsp3) is 0.857. The standard InChI is InChI=1S/C14H26N2O3/c1-5-7-9-19-10-8-16-11(3)12(17)15-14(4,6-2)13(16)18/h11H,5-10H2,1-4H3,(H,15,17). The highest BCUT2D eigenvalue weighted by Gasteiger charge is 2.44. The van der Waals surface area contributed by atoms with Crippen molar-refractivity contribution >= 4 is 11.8 Å². The van der Waals surface area contributed by atoms with Crippen LogP contribution in [0.1, 0.15) is 47.0 Å². The lowest BCUT2D eigenvalue weighted by Crippen LogP contribution is -2.68. The third-order valence-electron chi connectivity index (χ3n) is 3.80. The average molecular weight is 270 g/mol. The van der Waals surface area contributed by atoms with Crippen molar-refractivity contribution in [2.45, 2.75) is 58.5 Å². The highest BCUT2D eigenvalue weighted by molar-refractivity contribution is 5.99. The number of amides is 2. The second-order valence-corrected chi connectivity index (χ2v) is 5.32. The van der Waals surface area contributed by atoms with Crippen molar-refractivity contribution in [3.8, 4) is 0 Å². The number of carbonyl (C=O) groups is 2. The summed E-state index contributed by atoms with van der Waals surface area (Å²) in [6.45, 7) is 9.24. The van der Waals surface area contributed by atoms with Crippen LogP contribution in [0.2, 0.25) is 0 Å². The number of unbranched alkanes of at least 4 members (excludes halogenated alkanes) is 1. The minimum atomic E-state index is -0.771. The van der Waals surface area contributed by atoms with Gasteiger partial charge in [-0.15, -0.1) is 0 Å². The van der Waals surface area contributed by atoms with Gasteiger partial charge in [-0.3, -0.25) is 9.59 Å². The number of nitrogens with zero attached hydrogens (tertiary/aromatic N) is 1. The summed E-state index contributed by atoms with van der Waals surface area (Å²) in [7, 11) is 0. The van der Waals surface area contributed by atoms with Gasteiger partial charge in [0.25, 0.3) is 0 Å². The molecule has 1 heterocycles. The Morgan fingerprint density at radius 3 is 2.58 bits per heavy atom. The van der Waals surface area contributed by atoms with Crippen LogP contribution in [0.25, 0.3) is 0 Å². The summed E-state index contributed by atoms with van der Waals surface area (Å²) in [5, 5.41) is 2.81. The Hall–Kier alpha value is -1.10. The molecule has 0 aromatic heterocycles. The lowest BCUT2D eigenvalue weighted by molar-refractivity contribution is -0.154. The zero-order valence-electron chi connectivity index (χ0n) is 12.5. The van der Waals surface area contributed by atoms with Crippen LogP contribution in [0.15, 0.2) is 0 Å². The van der Waals surface area contributed by atoms with Crippen molar-refractivity contribution < 1.29 is 14.3 Å². The van der Waals surface area contributed by atoms with Gasteiger partial charge in [0.2, 0.25) is 11.8 Å². The number of carbonyl (C=O) groups excluding carboxylic acids is 2. The molecule has 0 aromatic rings. The highest BCUT2D eigenvalue weighted by atomic mass is 16.5. The smallest absolute Gasteiger partial charge is 0.248 e. The summed E-state index contributed by atoms with van der Waals surface area (Å²) in [4.78, 5) is 26.0. The molecule has 1 aliphatic heterocycles. The Morgan fingerprint density at radius 2 is 2.00 bits per heavy atom. The third-order valence-corrected chi connectivity index (χ3v) is 3.80. The first kappa shape index (κ1) is 16.0. The van der Waals surface area contributed by atoms with Gasteiger partial charge in [-0.2, -0.15) is 0 Å². The van der Waals surface area contributed by atoms with E-state index in [1.165, 1.54) is 0 Å². The first-order valence-corrected chi connectivity index (χ1v) is 7.17. The van der Waals surface area contributed by atoms with Gasteiger partial charge in [-0.25, -0.2) is 0 Å². The normalized spacial score (nSPS) is 27.6. The Balaban J connectivity index is 2.58. The lowest BCUT2D eigenvalue weighted by Gasteiger charge is -2.42. The zero-order chi connectivity index (χ0) is 14.5. The minimum absolute atomic E-state index is 0.0128. The van der Waals surface area contributed by atoms with E-state index in [4.69, 9.17) is 4.74 Å². The monoisotopic (exact) mass is 270 g/mol. The number of piperazine rings is 1.